The van der Waals surface area contributed by atoms with Crippen molar-refractivity contribution in [2.75, 3.05) is 4.72 Å². The zero-order valence-electron chi connectivity index (χ0n) is 13.9. The van der Waals surface area contributed by atoms with Gasteiger partial charge in [0.25, 0.3) is 15.9 Å². The van der Waals surface area contributed by atoms with Crippen LogP contribution in [0.5, 0.6) is 5.75 Å². The minimum absolute atomic E-state index is 0.0274. The summed E-state index contributed by atoms with van der Waals surface area (Å²) in [6, 6.07) is 15.8. The van der Waals surface area contributed by atoms with Gasteiger partial charge < -0.3 is 5.11 Å². The Morgan fingerprint density at radius 1 is 1.04 bits per heavy atom. The van der Waals surface area contributed by atoms with Crippen LogP contribution in [0.15, 0.2) is 75.4 Å². The number of hydrazone groups is 1. The molecule has 0 aliphatic carbocycles. The third kappa shape index (κ3) is 4.52. The first-order valence-corrected chi connectivity index (χ1v) is 10.1. The van der Waals surface area contributed by atoms with E-state index in [2.05, 4.69) is 15.2 Å². The van der Waals surface area contributed by atoms with Crippen LogP contribution in [0.1, 0.15) is 15.9 Å². The maximum Gasteiger partial charge on any atom is 0.273 e. The number of para-hydroxylation sites is 2. The Morgan fingerprint density at radius 3 is 2.52 bits per heavy atom. The molecule has 0 bridgehead atoms. The van der Waals surface area contributed by atoms with Crippen LogP contribution in [0.3, 0.4) is 0 Å². The van der Waals surface area contributed by atoms with Gasteiger partial charge in [-0.1, -0.05) is 30.3 Å². The Bertz CT molecular complexity index is 1080. The summed E-state index contributed by atoms with van der Waals surface area (Å²) in [6.07, 6.45) is 1.30. The average molecular weight is 401 g/mol. The highest BCUT2D eigenvalue weighted by Gasteiger charge is 2.19. The second kappa shape index (κ2) is 8.02. The number of benzene rings is 2. The van der Waals surface area contributed by atoms with Gasteiger partial charge in [0, 0.05) is 5.56 Å². The standard InChI is InChI=1S/C18H15N3O4S2/c22-16-9-4-1-6-13(16)12-19-20-18(23)14-7-2-3-8-15(14)21-27(24,25)17-10-5-11-26-17/h1-12,21-22H,(H,20,23). The smallest absolute Gasteiger partial charge is 0.273 e. The van der Waals surface area contributed by atoms with Gasteiger partial charge in [-0.2, -0.15) is 5.10 Å². The fourth-order valence-electron chi connectivity index (χ4n) is 2.20. The Morgan fingerprint density at radius 2 is 1.78 bits per heavy atom. The molecule has 7 nitrogen and oxygen atoms in total. The number of nitrogens with one attached hydrogen (secondary N) is 2. The normalized spacial score (nSPS) is 11.4. The third-order valence-corrected chi connectivity index (χ3v) is 6.25. The van der Waals surface area contributed by atoms with Crippen molar-refractivity contribution in [1.29, 1.82) is 0 Å². The fraction of sp³-hybridized carbons (Fsp3) is 0. The topological polar surface area (TPSA) is 108 Å². The number of sulfonamides is 1. The van der Waals surface area contributed by atoms with E-state index in [1.54, 1.807) is 41.8 Å². The van der Waals surface area contributed by atoms with Crippen molar-refractivity contribution >= 4 is 39.2 Å². The van der Waals surface area contributed by atoms with Crippen LogP contribution >= 0.6 is 11.3 Å². The molecule has 0 saturated carbocycles. The summed E-state index contributed by atoms with van der Waals surface area (Å²) in [6.45, 7) is 0. The summed E-state index contributed by atoms with van der Waals surface area (Å²) < 4.78 is 27.3. The SMILES string of the molecule is O=C(NN=Cc1ccccc1O)c1ccccc1NS(=O)(=O)c1cccs1. The molecule has 2 aromatic carbocycles. The molecule has 3 aromatic rings. The van der Waals surface area contributed by atoms with Gasteiger partial charge in [0.05, 0.1) is 17.5 Å². The van der Waals surface area contributed by atoms with Crippen molar-refractivity contribution in [2.24, 2.45) is 5.10 Å². The first-order valence-electron chi connectivity index (χ1n) is 7.74. The number of nitrogens with zero attached hydrogens (tertiary/aromatic N) is 1. The Kier molecular flexibility index (Phi) is 5.53. The monoisotopic (exact) mass is 401 g/mol. The number of hydrogen-bond acceptors (Lipinski definition) is 6. The van der Waals surface area contributed by atoms with Crippen LogP contribution in [0.2, 0.25) is 0 Å². The molecule has 0 atom stereocenters. The van der Waals surface area contributed by atoms with Gasteiger partial charge >= 0.3 is 0 Å². The van der Waals surface area contributed by atoms with Gasteiger partial charge in [-0.05, 0) is 35.7 Å². The Balaban J connectivity index is 1.77. The zero-order chi connectivity index (χ0) is 19.3. The minimum atomic E-state index is -3.78. The summed E-state index contributed by atoms with van der Waals surface area (Å²) in [5, 5.41) is 15.1. The van der Waals surface area contributed by atoms with Gasteiger partial charge in [0.1, 0.15) is 9.96 Å². The Hall–Kier alpha value is -3.17. The number of hydrogen-bond donors (Lipinski definition) is 3. The van der Waals surface area contributed by atoms with Crippen molar-refractivity contribution in [3.05, 3.63) is 77.2 Å². The fourth-order valence-corrected chi connectivity index (χ4v) is 4.27. The molecular formula is C18H15N3O4S2. The first kappa shape index (κ1) is 18.6. The summed E-state index contributed by atoms with van der Waals surface area (Å²) >= 11 is 1.08. The Labute approximate surface area is 160 Å². The lowest BCUT2D eigenvalue weighted by atomic mass is 10.2. The maximum atomic E-state index is 12.4. The lowest BCUT2D eigenvalue weighted by molar-refractivity contribution is 0.0956. The summed E-state index contributed by atoms with van der Waals surface area (Å²) in [4.78, 5) is 12.4. The van der Waals surface area contributed by atoms with Crippen molar-refractivity contribution in [3.63, 3.8) is 0 Å². The van der Waals surface area contributed by atoms with E-state index in [-0.39, 0.29) is 21.2 Å². The van der Waals surface area contributed by atoms with Crippen LogP contribution in [-0.2, 0) is 10.0 Å². The molecule has 1 heterocycles. The highest BCUT2D eigenvalue weighted by molar-refractivity contribution is 7.94. The van der Waals surface area contributed by atoms with E-state index in [9.17, 15) is 18.3 Å². The van der Waals surface area contributed by atoms with Crippen molar-refractivity contribution in [2.45, 2.75) is 4.21 Å². The van der Waals surface area contributed by atoms with E-state index in [0.29, 0.717) is 5.56 Å². The largest absolute Gasteiger partial charge is 0.507 e. The van der Waals surface area contributed by atoms with Crippen LogP contribution < -0.4 is 10.1 Å². The predicted molar refractivity (Wildman–Crippen MR) is 105 cm³/mol. The molecule has 1 aromatic heterocycles. The number of aromatic hydroxyl groups is 1. The number of rotatable bonds is 6. The summed E-state index contributed by atoms with van der Waals surface area (Å²) in [7, 11) is -3.78. The van der Waals surface area contributed by atoms with Crippen LogP contribution in [0.4, 0.5) is 5.69 Å². The lowest BCUT2D eigenvalue weighted by Crippen LogP contribution is -2.21. The first-order chi connectivity index (χ1) is 13.0. The number of amides is 1. The van der Waals surface area contributed by atoms with Crippen molar-refractivity contribution in [3.8, 4) is 5.75 Å². The van der Waals surface area contributed by atoms with E-state index in [4.69, 9.17) is 0 Å². The van der Waals surface area contributed by atoms with E-state index in [0.717, 1.165) is 11.3 Å². The van der Waals surface area contributed by atoms with Gasteiger partial charge in [-0.15, -0.1) is 11.3 Å². The molecule has 138 valence electrons. The third-order valence-electron chi connectivity index (χ3n) is 3.48. The number of phenolic OH excluding ortho intramolecular Hbond substituents is 1. The second-order valence-corrected chi connectivity index (χ2v) is 8.20. The molecule has 3 N–H and O–H groups in total. The lowest BCUT2D eigenvalue weighted by Gasteiger charge is -2.10. The summed E-state index contributed by atoms with van der Waals surface area (Å²) in [5.74, 6) is -0.564. The zero-order valence-corrected chi connectivity index (χ0v) is 15.5. The van der Waals surface area contributed by atoms with E-state index in [1.807, 2.05) is 0 Å². The van der Waals surface area contributed by atoms with Gasteiger partial charge in [-0.3, -0.25) is 9.52 Å². The highest BCUT2D eigenvalue weighted by Crippen LogP contribution is 2.22. The molecule has 0 unspecified atom stereocenters. The predicted octanol–water partition coefficient (Wildman–Crippen LogP) is 3.02. The molecule has 0 saturated heterocycles. The minimum Gasteiger partial charge on any atom is -0.507 e. The number of anilines is 1. The molecular weight excluding hydrogens is 386 g/mol. The molecule has 27 heavy (non-hydrogen) atoms. The van der Waals surface area contributed by atoms with E-state index in [1.165, 1.54) is 30.5 Å². The van der Waals surface area contributed by atoms with Crippen LogP contribution in [0.25, 0.3) is 0 Å². The number of carbonyl (C=O) groups is 1. The molecule has 0 spiro atoms. The molecule has 3 rings (SSSR count). The number of thiophene rings is 1. The van der Waals surface area contributed by atoms with E-state index < -0.39 is 15.9 Å². The molecule has 9 heteroatoms. The van der Waals surface area contributed by atoms with Crippen LogP contribution in [0, 0.1) is 0 Å². The van der Waals surface area contributed by atoms with Crippen LogP contribution in [-0.4, -0.2) is 25.6 Å². The van der Waals surface area contributed by atoms with Gasteiger partial charge in [-0.25, -0.2) is 13.8 Å². The molecule has 0 radical (unpaired) electrons. The molecule has 0 aliphatic rings. The van der Waals surface area contributed by atoms with Crippen molar-refractivity contribution in [1.82, 2.24) is 5.43 Å². The van der Waals surface area contributed by atoms with Crippen molar-refractivity contribution < 1.29 is 18.3 Å². The quantitative estimate of drug-likeness (QED) is 0.436. The highest BCUT2D eigenvalue weighted by atomic mass is 32.2. The second-order valence-electron chi connectivity index (χ2n) is 5.34. The number of phenols is 1. The van der Waals surface area contributed by atoms with E-state index >= 15 is 0 Å². The van der Waals surface area contributed by atoms with Gasteiger partial charge in [0.15, 0.2) is 0 Å². The number of carbonyl (C=O) groups excluding carboxylic acids is 1. The maximum absolute atomic E-state index is 12.4. The summed E-state index contributed by atoms with van der Waals surface area (Å²) in [5.41, 5.74) is 3.02. The molecule has 0 fully saturated rings. The average Bonchev–Trinajstić information content (AvgIpc) is 3.19. The van der Waals surface area contributed by atoms with Gasteiger partial charge in [0.2, 0.25) is 0 Å². The molecule has 0 aliphatic heterocycles. The molecule has 1 amide bonds.